The SMILES string of the molecule is C=CCC1=C(C(C)(CC(=O)O)C(C)C)C(=O)C(C)=C(C)C1=O. The average Bonchev–Trinajstić information content (AvgIpc) is 2.41. The summed E-state index contributed by atoms with van der Waals surface area (Å²) in [5.74, 6) is -1.47. The van der Waals surface area contributed by atoms with Gasteiger partial charge in [0.05, 0.1) is 6.42 Å². The van der Waals surface area contributed by atoms with E-state index in [1.165, 1.54) is 0 Å². The van der Waals surface area contributed by atoms with E-state index in [0.717, 1.165) is 0 Å². The van der Waals surface area contributed by atoms with Crippen molar-refractivity contribution in [3.63, 3.8) is 0 Å². The zero-order valence-corrected chi connectivity index (χ0v) is 13.9. The number of rotatable bonds is 6. The molecule has 1 rings (SSSR count). The molecule has 0 bridgehead atoms. The quantitative estimate of drug-likeness (QED) is 0.602. The number of hydrogen-bond acceptors (Lipinski definition) is 3. The van der Waals surface area contributed by atoms with E-state index in [4.69, 9.17) is 0 Å². The Hall–Kier alpha value is -1.97. The molecule has 0 amide bonds. The highest BCUT2D eigenvalue weighted by Crippen LogP contribution is 2.45. The molecule has 0 fully saturated rings. The molecule has 1 N–H and O–H groups in total. The number of Topliss-reactive ketones (excluding diaryl/α,β-unsaturated/α-hetero) is 2. The molecule has 0 aromatic carbocycles. The van der Waals surface area contributed by atoms with Crippen LogP contribution in [0.25, 0.3) is 0 Å². The van der Waals surface area contributed by atoms with Crippen LogP contribution in [-0.4, -0.2) is 22.6 Å². The molecule has 0 spiro atoms. The standard InChI is InChI=1S/C18H24O4/c1-7-8-13-15(17(22)12(5)11(4)16(13)21)18(6,10(2)3)9-14(19)20/h7,10H,1,8-9H2,2-6H3,(H,19,20). The topological polar surface area (TPSA) is 71.4 Å². The molecule has 4 heteroatoms. The van der Waals surface area contributed by atoms with E-state index in [-0.39, 0.29) is 30.3 Å². The van der Waals surface area contributed by atoms with Gasteiger partial charge in [0.1, 0.15) is 0 Å². The fourth-order valence-corrected chi connectivity index (χ4v) is 2.84. The summed E-state index contributed by atoms with van der Waals surface area (Å²) in [4.78, 5) is 36.7. The molecule has 1 unspecified atom stereocenters. The first-order chi connectivity index (χ1) is 10.1. The van der Waals surface area contributed by atoms with Crippen LogP contribution in [0.4, 0.5) is 0 Å². The fourth-order valence-electron chi connectivity index (χ4n) is 2.84. The third-order valence-corrected chi connectivity index (χ3v) is 4.76. The second-order valence-electron chi connectivity index (χ2n) is 6.40. The molecule has 0 heterocycles. The number of carboxylic acids is 1. The van der Waals surface area contributed by atoms with Crippen LogP contribution < -0.4 is 0 Å². The van der Waals surface area contributed by atoms with Gasteiger partial charge in [-0.15, -0.1) is 6.58 Å². The zero-order chi connectivity index (χ0) is 17.2. The minimum atomic E-state index is -0.981. The molecule has 22 heavy (non-hydrogen) atoms. The lowest BCUT2D eigenvalue weighted by atomic mass is 9.64. The van der Waals surface area contributed by atoms with Gasteiger partial charge in [0.2, 0.25) is 0 Å². The van der Waals surface area contributed by atoms with Crippen LogP contribution in [0, 0.1) is 11.3 Å². The summed E-state index contributed by atoms with van der Waals surface area (Å²) in [6.07, 6.45) is 1.66. The predicted molar refractivity (Wildman–Crippen MR) is 85.4 cm³/mol. The molecule has 4 nitrogen and oxygen atoms in total. The molecular weight excluding hydrogens is 280 g/mol. The normalized spacial score (nSPS) is 18.8. The highest BCUT2D eigenvalue weighted by atomic mass is 16.4. The summed E-state index contributed by atoms with van der Waals surface area (Å²) >= 11 is 0. The van der Waals surface area contributed by atoms with E-state index in [0.29, 0.717) is 22.3 Å². The van der Waals surface area contributed by atoms with Crippen LogP contribution in [0.15, 0.2) is 34.9 Å². The van der Waals surface area contributed by atoms with Crippen LogP contribution in [0.3, 0.4) is 0 Å². The molecule has 120 valence electrons. The lowest BCUT2D eigenvalue weighted by Crippen LogP contribution is -2.37. The Balaban J connectivity index is 3.66. The second kappa shape index (κ2) is 6.42. The summed E-state index contributed by atoms with van der Waals surface area (Å²) in [5, 5.41) is 9.26. The van der Waals surface area contributed by atoms with Gasteiger partial charge in [0, 0.05) is 27.7 Å². The lowest BCUT2D eigenvalue weighted by Gasteiger charge is -2.37. The van der Waals surface area contributed by atoms with Crippen molar-refractivity contribution in [2.24, 2.45) is 11.3 Å². The van der Waals surface area contributed by atoms with E-state index >= 15 is 0 Å². The maximum absolute atomic E-state index is 12.8. The first-order valence-electron chi connectivity index (χ1n) is 7.41. The third-order valence-electron chi connectivity index (χ3n) is 4.76. The Morgan fingerprint density at radius 2 is 1.73 bits per heavy atom. The molecule has 1 aliphatic rings. The summed E-state index contributed by atoms with van der Waals surface area (Å²) in [6.45, 7) is 12.4. The average molecular weight is 304 g/mol. The number of carbonyl (C=O) groups excluding carboxylic acids is 2. The Bertz CT molecular complexity index is 605. The van der Waals surface area contributed by atoms with Gasteiger partial charge in [0.15, 0.2) is 11.6 Å². The van der Waals surface area contributed by atoms with E-state index in [1.807, 2.05) is 13.8 Å². The minimum Gasteiger partial charge on any atom is -0.481 e. The van der Waals surface area contributed by atoms with Gasteiger partial charge in [-0.1, -0.05) is 26.8 Å². The second-order valence-corrected chi connectivity index (χ2v) is 6.40. The Morgan fingerprint density at radius 3 is 2.14 bits per heavy atom. The summed E-state index contributed by atoms with van der Waals surface area (Å²) in [7, 11) is 0. The number of aliphatic carboxylic acids is 1. The molecule has 0 radical (unpaired) electrons. The van der Waals surface area contributed by atoms with Gasteiger partial charge in [-0.05, 0) is 26.2 Å². The number of ketones is 2. The van der Waals surface area contributed by atoms with Crippen molar-refractivity contribution in [3.8, 4) is 0 Å². The Morgan fingerprint density at radius 1 is 1.23 bits per heavy atom. The number of carbonyl (C=O) groups is 3. The fraction of sp³-hybridized carbons (Fsp3) is 0.500. The van der Waals surface area contributed by atoms with Crippen molar-refractivity contribution >= 4 is 17.5 Å². The van der Waals surface area contributed by atoms with E-state index in [9.17, 15) is 19.5 Å². The maximum Gasteiger partial charge on any atom is 0.304 e. The van der Waals surface area contributed by atoms with E-state index < -0.39 is 11.4 Å². The Labute approximate surface area is 131 Å². The monoisotopic (exact) mass is 304 g/mol. The van der Waals surface area contributed by atoms with Gasteiger partial charge >= 0.3 is 5.97 Å². The van der Waals surface area contributed by atoms with E-state index in [1.54, 1.807) is 26.8 Å². The maximum atomic E-state index is 12.8. The zero-order valence-electron chi connectivity index (χ0n) is 13.9. The molecule has 0 saturated heterocycles. The Kier molecular flexibility index (Phi) is 5.28. The van der Waals surface area contributed by atoms with Crippen LogP contribution in [-0.2, 0) is 14.4 Å². The van der Waals surface area contributed by atoms with Gasteiger partial charge in [-0.3, -0.25) is 14.4 Å². The third kappa shape index (κ3) is 2.96. The predicted octanol–water partition coefficient (Wildman–Crippen LogP) is 3.48. The largest absolute Gasteiger partial charge is 0.481 e. The highest BCUT2D eigenvalue weighted by Gasteiger charge is 2.43. The lowest BCUT2D eigenvalue weighted by molar-refractivity contribution is -0.139. The first kappa shape index (κ1) is 18.1. The van der Waals surface area contributed by atoms with Crippen LogP contribution in [0.5, 0.6) is 0 Å². The van der Waals surface area contributed by atoms with Crippen LogP contribution in [0.2, 0.25) is 0 Å². The van der Waals surface area contributed by atoms with Crippen molar-refractivity contribution < 1.29 is 19.5 Å². The van der Waals surface area contributed by atoms with Crippen molar-refractivity contribution in [1.29, 1.82) is 0 Å². The molecule has 1 atom stereocenters. The van der Waals surface area contributed by atoms with Gasteiger partial charge in [-0.2, -0.15) is 0 Å². The smallest absolute Gasteiger partial charge is 0.304 e. The molecule has 0 aliphatic heterocycles. The van der Waals surface area contributed by atoms with Crippen molar-refractivity contribution in [2.45, 2.75) is 47.5 Å². The van der Waals surface area contributed by atoms with Crippen LogP contribution >= 0.6 is 0 Å². The van der Waals surface area contributed by atoms with Gasteiger partial charge in [-0.25, -0.2) is 0 Å². The number of carboxylic acid groups (broad SMARTS) is 1. The summed E-state index contributed by atoms with van der Waals surface area (Å²) in [6, 6.07) is 0. The highest BCUT2D eigenvalue weighted by molar-refractivity contribution is 6.25. The summed E-state index contributed by atoms with van der Waals surface area (Å²) < 4.78 is 0. The molecular formula is C18H24O4. The first-order valence-corrected chi connectivity index (χ1v) is 7.41. The molecule has 0 aromatic heterocycles. The number of hydrogen-bond donors (Lipinski definition) is 1. The van der Waals surface area contributed by atoms with Crippen molar-refractivity contribution in [1.82, 2.24) is 0 Å². The van der Waals surface area contributed by atoms with Crippen molar-refractivity contribution in [3.05, 3.63) is 34.9 Å². The minimum absolute atomic E-state index is 0.0960. The van der Waals surface area contributed by atoms with E-state index in [2.05, 4.69) is 6.58 Å². The molecule has 1 aliphatic carbocycles. The number of allylic oxidation sites excluding steroid dienone is 5. The van der Waals surface area contributed by atoms with Gasteiger partial charge < -0.3 is 5.11 Å². The molecule has 0 aromatic rings. The summed E-state index contributed by atoms with van der Waals surface area (Å²) in [5.41, 5.74) is 0.689. The van der Waals surface area contributed by atoms with Crippen molar-refractivity contribution in [2.75, 3.05) is 0 Å². The van der Waals surface area contributed by atoms with Crippen LogP contribution in [0.1, 0.15) is 47.5 Å². The molecule has 0 saturated carbocycles. The van der Waals surface area contributed by atoms with Gasteiger partial charge in [0.25, 0.3) is 0 Å².